The molecule has 3 aromatic rings. The minimum atomic E-state index is -1.90. The molecular weight excluding hydrogens is 382 g/mol. The van der Waals surface area contributed by atoms with Crippen LogP contribution < -0.4 is 5.43 Å². The van der Waals surface area contributed by atoms with Crippen LogP contribution in [-0.4, -0.2) is 22.2 Å². The SMILES string of the molecule is O=C(NN=CC=Cc1ccc([N+](=O)[O-])cc1)C(O)(c1ccccc1)c1ccccc1. The van der Waals surface area contributed by atoms with Crippen molar-refractivity contribution >= 4 is 23.9 Å². The van der Waals surface area contributed by atoms with Crippen molar-refractivity contribution in [2.75, 3.05) is 0 Å². The molecular formula is C23H19N3O4. The third-order valence-corrected chi connectivity index (χ3v) is 4.43. The lowest BCUT2D eigenvalue weighted by Crippen LogP contribution is -2.43. The first-order valence-corrected chi connectivity index (χ1v) is 9.10. The van der Waals surface area contributed by atoms with Gasteiger partial charge in [0.25, 0.3) is 11.6 Å². The molecule has 1 amide bonds. The van der Waals surface area contributed by atoms with Gasteiger partial charge in [0.05, 0.1) is 4.92 Å². The number of rotatable bonds is 7. The van der Waals surface area contributed by atoms with Crippen molar-refractivity contribution in [3.8, 4) is 0 Å². The molecule has 0 unspecified atom stereocenters. The van der Waals surface area contributed by atoms with Crippen molar-refractivity contribution in [3.05, 3.63) is 118 Å². The van der Waals surface area contributed by atoms with Gasteiger partial charge in [0.15, 0.2) is 5.60 Å². The molecule has 2 N–H and O–H groups in total. The summed E-state index contributed by atoms with van der Waals surface area (Å²) in [7, 11) is 0. The van der Waals surface area contributed by atoms with E-state index in [0.29, 0.717) is 11.1 Å². The second kappa shape index (κ2) is 9.40. The fraction of sp³-hybridized carbons (Fsp3) is 0.0435. The minimum absolute atomic E-state index is 0.00851. The average molecular weight is 401 g/mol. The van der Waals surface area contributed by atoms with E-state index in [0.717, 1.165) is 5.56 Å². The maximum atomic E-state index is 12.8. The van der Waals surface area contributed by atoms with E-state index >= 15 is 0 Å². The molecule has 0 aliphatic rings. The second-order valence-electron chi connectivity index (χ2n) is 6.37. The predicted molar refractivity (Wildman–Crippen MR) is 115 cm³/mol. The lowest BCUT2D eigenvalue weighted by Gasteiger charge is -2.26. The molecule has 0 aliphatic heterocycles. The Morgan fingerprint density at radius 3 is 1.97 bits per heavy atom. The largest absolute Gasteiger partial charge is 0.372 e. The number of carbonyl (C=O) groups is 1. The Hall–Kier alpha value is -4.10. The van der Waals surface area contributed by atoms with Crippen LogP contribution in [0.3, 0.4) is 0 Å². The number of aliphatic hydroxyl groups is 1. The van der Waals surface area contributed by atoms with Crippen molar-refractivity contribution in [1.29, 1.82) is 0 Å². The first kappa shape index (κ1) is 20.6. The third kappa shape index (κ3) is 4.65. The highest BCUT2D eigenvalue weighted by Crippen LogP contribution is 2.29. The average Bonchev–Trinajstić information content (AvgIpc) is 2.79. The summed E-state index contributed by atoms with van der Waals surface area (Å²) in [6.45, 7) is 0. The number of carbonyl (C=O) groups excluding carboxylic acids is 1. The minimum Gasteiger partial charge on any atom is -0.372 e. The molecule has 7 heteroatoms. The molecule has 0 atom stereocenters. The van der Waals surface area contributed by atoms with Crippen molar-refractivity contribution in [3.63, 3.8) is 0 Å². The molecule has 0 heterocycles. The van der Waals surface area contributed by atoms with Crippen LogP contribution in [-0.2, 0) is 10.4 Å². The van der Waals surface area contributed by atoms with Gasteiger partial charge in [0, 0.05) is 18.3 Å². The highest BCUT2D eigenvalue weighted by atomic mass is 16.6. The molecule has 7 nitrogen and oxygen atoms in total. The highest BCUT2D eigenvalue weighted by molar-refractivity contribution is 5.91. The van der Waals surface area contributed by atoms with E-state index < -0.39 is 16.4 Å². The van der Waals surface area contributed by atoms with Crippen molar-refractivity contribution in [1.82, 2.24) is 5.43 Å². The second-order valence-corrected chi connectivity index (χ2v) is 6.37. The molecule has 0 fully saturated rings. The quantitative estimate of drug-likeness (QED) is 0.358. The lowest BCUT2D eigenvalue weighted by atomic mass is 9.85. The van der Waals surface area contributed by atoms with Crippen LogP contribution >= 0.6 is 0 Å². The van der Waals surface area contributed by atoms with Gasteiger partial charge < -0.3 is 5.11 Å². The van der Waals surface area contributed by atoms with Crippen LogP contribution in [0.15, 0.2) is 96.1 Å². The maximum absolute atomic E-state index is 12.8. The summed E-state index contributed by atoms with van der Waals surface area (Å²) < 4.78 is 0. The number of allylic oxidation sites excluding steroid dienone is 1. The van der Waals surface area contributed by atoms with Gasteiger partial charge in [-0.3, -0.25) is 14.9 Å². The third-order valence-electron chi connectivity index (χ3n) is 4.43. The maximum Gasteiger partial charge on any atom is 0.281 e. The predicted octanol–water partition coefficient (Wildman–Crippen LogP) is 3.65. The van der Waals surface area contributed by atoms with E-state index in [1.165, 1.54) is 18.3 Å². The molecule has 0 aliphatic carbocycles. The van der Waals surface area contributed by atoms with E-state index in [2.05, 4.69) is 10.5 Å². The van der Waals surface area contributed by atoms with Crippen molar-refractivity contribution in [2.24, 2.45) is 5.10 Å². The Bertz CT molecular complexity index is 1020. The smallest absolute Gasteiger partial charge is 0.281 e. The number of nitrogens with one attached hydrogen (secondary N) is 1. The number of benzene rings is 3. The number of nitro groups is 1. The Morgan fingerprint density at radius 2 is 1.47 bits per heavy atom. The lowest BCUT2D eigenvalue weighted by molar-refractivity contribution is -0.384. The van der Waals surface area contributed by atoms with Gasteiger partial charge in [-0.05, 0) is 34.9 Å². The number of hydrazone groups is 1. The first-order valence-electron chi connectivity index (χ1n) is 9.10. The molecule has 0 saturated heterocycles. The van der Waals surface area contributed by atoms with E-state index in [1.807, 2.05) is 0 Å². The number of hydrogen-bond donors (Lipinski definition) is 2. The summed E-state index contributed by atoms with van der Waals surface area (Å²) in [6, 6.07) is 23.3. The van der Waals surface area contributed by atoms with Gasteiger partial charge in [0.1, 0.15) is 0 Å². The molecule has 30 heavy (non-hydrogen) atoms. The molecule has 0 aromatic heterocycles. The monoisotopic (exact) mass is 401 g/mol. The Morgan fingerprint density at radius 1 is 0.933 bits per heavy atom. The molecule has 150 valence electrons. The number of nitrogens with zero attached hydrogens (tertiary/aromatic N) is 2. The van der Waals surface area contributed by atoms with Gasteiger partial charge in [-0.25, -0.2) is 5.43 Å². The van der Waals surface area contributed by atoms with Crippen LogP contribution in [0, 0.1) is 10.1 Å². The summed E-state index contributed by atoms with van der Waals surface area (Å²) in [6.07, 6.45) is 4.61. The molecule has 3 rings (SSSR count). The van der Waals surface area contributed by atoms with E-state index in [4.69, 9.17) is 0 Å². The van der Waals surface area contributed by atoms with E-state index in [-0.39, 0.29) is 5.69 Å². The van der Waals surface area contributed by atoms with Crippen LogP contribution in [0.1, 0.15) is 16.7 Å². The van der Waals surface area contributed by atoms with Crippen molar-refractivity contribution < 1.29 is 14.8 Å². The normalized spacial score (nSPS) is 11.6. The zero-order valence-corrected chi connectivity index (χ0v) is 15.9. The van der Waals surface area contributed by atoms with Gasteiger partial charge in [0.2, 0.25) is 0 Å². The molecule has 0 bridgehead atoms. The number of amides is 1. The van der Waals surface area contributed by atoms with Gasteiger partial charge in [-0.15, -0.1) is 0 Å². The van der Waals surface area contributed by atoms with Crippen LogP contribution in [0.25, 0.3) is 6.08 Å². The molecule has 0 spiro atoms. The van der Waals surface area contributed by atoms with E-state index in [9.17, 15) is 20.0 Å². The standard InChI is InChI=1S/C23H19N3O4/c27-22(25-24-17-7-8-18-13-15-21(16-14-18)26(29)30)23(28,19-9-3-1-4-10-19)20-11-5-2-6-12-20/h1-17,28H,(H,25,27). The number of non-ortho nitro benzene ring substituents is 1. The summed E-state index contributed by atoms with van der Waals surface area (Å²) >= 11 is 0. The summed E-state index contributed by atoms with van der Waals surface area (Å²) in [4.78, 5) is 23.0. The van der Waals surface area contributed by atoms with Crippen LogP contribution in [0.2, 0.25) is 0 Å². The van der Waals surface area contributed by atoms with Gasteiger partial charge in [-0.1, -0.05) is 66.7 Å². The highest BCUT2D eigenvalue weighted by Gasteiger charge is 2.39. The summed E-state index contributed by atoms with van der Waals surface area (Å²) in [5.74, 6) is -0.695. The number of hydrogen-bond acceptors (Lipinski definition) is 5. The zero-order valence-electron chi connectivity index (χ0n) is 15.9. The molecule has 0 saturated carbocycles. The first-order chi connectivity index (χ1) is 14.5. The summed E-state index contributed by atoms with van der Waals surface area (Å²) in [5.41, 5.74) is 2.06. The van der Waals surface area contributed by atoms with Gasteiger partial charge >= 0.3 is 0 Å². The topological polar surface area (TPSA) is 105 Å². The van der Waals surface area contributed by atoms with Crippen molar-refractivity contribution in [2.45, 2.75) is 5.60 Å². The Kier molecular flexibility index (Phi) is 6.46. The fourth-order valence-corrected chi connectivity index (χ4v) is 2.87. The molecule has 0 radical (unpaired) electrons. The van der Waals surface area contributed by atoms with Crippen LogP contribution in [0.4, 0.5) is 5.69 Å². The van der Waals surface area contributed by atoms with Gasteiger partial charge in [-0.2, -0.15) is 5.10 Å². The Labute approximate surface area is 173 Å². The Balaban J connectivity index is 1.73. The van der Waals surface area contributed by atoms with Crippen LogP contribution in [0.5, 0.6) is 0 Å². The van der Waals surface area contributed by atoms with E-state index in [1.54, 1.807) is 84.9 Å². The summed E-state index contributed by atoms with van der Waals surface area (Å²) in [5, 5.41) is 25.8. The molecule has 3 aromatic carbocycles. The number of nitro benzene ring substituents is 1. The fourth-order valence-electron chi connectivity index (χ4n) is 2.87. The zero-order chi connectivity index (χ0) is 21.4.